The number of rotatable bonds is 7. The molecular formula is C15H23Cl2N3. The first-order chi connectivity index (χ1) is 9.69. The number of halogens is 2. The van der Waals surface area contributed by atoms with Gasteiger partial charge in [-0.3, -0.25) is 4.90 Å². The number of unbranched alkanes of at least 4 members (excludes halogenated alkanes) is 1. The third-order valence-corrected chi connectivity index (χ3v) is 4.28. The molecule has 2 heterocycles. The Hall–Kier alpha value is -0.350. The van der Waals surface area contributed by atoms with Crippen molar-refractivity contribution in [3.8, 4) is 0 Å². The van der Waals surface area contributed by atoms with Crippen LogP contribution in [-0.4, -0.2) is 35.6 Å². The molecule has 112 valence electrons. The summed E-state index contributed by atoms with van der Waals surface area (Å²) in [6.07, 6.45) is 4.94. The Morgan fingerprint density at radius 1 is 1.40 bits per heavy atom. The molecule has 1 atom stereocenters. The van der Waals surface area contributed by atoms with Gasteiger partial charge in [-0.05, 0) is 44.5 Å². The third-order valence-electron chi connectivity index (χ3n) is 3.73. The van der Waals surface area contributed by atoms with Crippen LogP contribution in [0.5, 0.6) is 0 Å². The highest BCUT2D eigenvalue weighted by molar-refractivity contribution is 6.32. The summed E-state index contributed by atoms with van der Waals surface area (Å²) in [6.45, 7) is 6.28. The molecular weight excluding hydrogens is 293 g/mol. The number of nitrogens with one attached hydrogen (secondary N) is 1. The molecule has 0 aromatic carbocycles. The molecule has 1 unspecified atom stereocenters. The first-order valence-electron chi connectivity index (χ1n) is 7.45. The second kappa shape index (κ2) is 8.18. The average molecular weight is 316 g/mol. The molecule has 0 amide bonds. The van der Waals surface area contributed by atoms with E-state index in [-0.39, 0.29) is 0 Å². The van der Waals surface area contributed by atoms with Crippen molar-refractivity contribution in [3.05, 3.63) is 28.0 Å². The Kier molecular flexibility index (Phi) is 6.56. The zero-order valence-electron chi connectivity index (χ0n) is 12.0. The molecule has 0 saturated carbocycles. The highest BCUT2D eigenvalue weighted by Gasteiger charge is 2.19. The summed E-state index contributed by atoms with van der Waals surface area (Å²) >= 11 is 12.2. The van der Waals surface area contributed by atoms with Crippen molar-refractivity contribution in [1.29, 1.82) is 0 Å². The van der Waals surface area contributed by atoms with Crippen LogP contribution >= 0.6 is 23.2 Å². The van der Waals surface area contributed by atoms with Crippen molar-refractivity contribution in [2.75, 3.05) is 19.6 Å². The summed E-state index contributed by atoms with van der Waals surface area (Å²) in [7, 11) is 0. The lowest BCUT2D eigenvalue weighted by Crippen LogP contribution is -2.38. The van der Waals surface area contributed by atoms with Crippen LogP contribution in [0.4, 0.5) is 0 Å². The maximum Gasteiger partial charge on any atom is 0.129 e. The Labute approximate surface area is 131 Å². The number of nitrogens with zero attached hydrogens (tertiary/aromatic N) is 2. The molecule has 1 saturated heterocycles. The third kappa shape index (κ3) is 4.88. The van der Waals surface area contributed by atoms with E-state index >= 15 is 0 Å². The summed E-state index contributed by atoms with van der Waals surface area (Å²) in [5, 5.41) is 4.77. The van der Waals surface area contributed by atoms with Crippen LogP contribution in [0.25, 0.3) is 0 Å². The van der Waals surface area contributed by atoms with E-state index in [4.69, 9.17) is 23.2 Å². The molecule has 1 N–H and O–H groups in total. The lowest BCUT2D eigenvalue weighted by Gasteiger charge is -2.25. The monoisotopic (exact) mass is 315 g/mol. The van der Waals surface area contributed by atoms with Crippen molar-refractivity contribution in [2.45, 2.75) is 45.2 Å². The van der Waals surface area contributed by atoms with Crippen LogP contribution in [0.1, 0.15) is 38.3 Å². The Bertz CT molecular complexity index is 420. The predicted octanol–water partition coefficient (Wildman–Crippen LogP) is 3.74. The van der Waals surface area contributed by atoms with Gasteiger partial charge < -0.3 is 5.32 Å². The fourth-order valence-corrected chi connectivity index (χ4v) is 2.95. The topological polar surface area (TPSA) is 28.2 Å². The summed E-state index contributed by atoms with van der Waals surface area (Å²) in [4.78, 5) is 6.81. The lowest BCUT2D eigenvalue weighted by atomic mass is 10.2. The smallest absolute Gasteiger partial charge is 0.129 e. The van der Waals surface area contributed by atoms with Gasteiger partial charge in [-0.25, -0.2) is 4.98 Å². The second-order valence-electron chi connectivity index (χ2n) is 5.44. The Balaban J connectivity index is 1.99. The van der Waals surface area contributed by atoms with Gasteiger partial charge in [0.25, 0.3) is 0 Å². The van der Waals surface area contributed by atoms with Gasteiger partial charge in [0.15, 0.2) is 0 Å². The number of hydrogen-bond acceptors (Lipinski definition) is 3. The van der Waals surface area contributed by atoms with Gasteiger partial charge in [0.05, 0.1) is 10.7 Å². The fourth-order valence-electron chi connectivity index (χ4n) is 2.62. The molecule has 20 heavy (non-hydrogen) atoms. The van der Waals surface area contributed by atoms with Crippen LogP contribution in [-0.2, 0) is 6.54 Å². The minimum atomic E-state index is 0.513. The zero-order valence-corrected chi connectivity index (χ0v) is 13.6. The van der Waals surface area contributed by atoms with Crippen LogP contribution in [0, 0.1) is 0 Å². The van der Waals surface area contributed by atoms with Gasteiger partial charge in [0.1, 0.15) is 5.15 Å². The quantitative estimate of drug-likeness (QED) is 0.777. The van der Waals surface area contributed by atoms with Gasteiger partial charge in [0, 0.05) is 19.1 Å². The molecule has 3 nitrogen and oxygen atoms in total. The molecule has 0 aliphatic carbocycles. The zero-order chi connectivity index (χ0) is 14.4. The molecule has 1 aliphatic heterocycles. The molecule has 1 aromatic heterocycles. The van der Waals surface area contributed by atoms with E-state index in [2.05, 4.69) is 22.1 Å². The standard InChI is InChI=1S/C15H23Cl2N3/c1-2-3-9-20(10-12-5-4-8-18-12)11-14-13(16)6-7-15(17)19-14/h6-7,12,18H,2-5,8-11H2,1H3. The van der Waals surface area contributed by atoms with E-state index in [1.807, 2.05) is 6.07 Å². The van der Waals surface area contributed by atoms with Gasteiger partial charge in [-0.1, -0.05) is 36.5 Å². The van der Waals surface area contributed by atoms with Crippen molar-refractivity contribution >= 4 is 23.2 Å². The molecule has 5 heteroatoms. The molecule has 0 radical (unpaired) electrons. The molecule has 1 aromatic rings. The second-order valence-corrected chi connectivity index (χ2v) is 6.24. The van der Waals surface area contributed by atoms with Crippen molar-refractivity contribution in [2.24, 2.45) is 0 Å². The van der Waals surface area contributed by atoms with Gasteiger partial charge in [-0.15, -0.1) is 0 Å². The minimum Gasteiger partial charge on any atom is -0.313 e. The van der Waals surface area contributed by atoms with Crippen molar-refractivity contribution in [3.63, 3.8) is 0 Å². The van der Waals surface area contributed by atoms with Crippen molar-refractivity contribution < 1.29 is 0 Å². The summed E-state index contributed by atoms with van der Waals surface area (Å²) < 4.78 is 0. The lowest BCUT2D eigenvalue weighted by molar-refractivity contribution is 0.235. The van der Waals surface area contributed by atoms with E-state index in [1.54, 1.807) is 6.07 Å². The van der Waals surface area contributed by atoms with Crippen molar-refractivity contribution in [1.82, 2.24) is 15.2 Å². The van der Waals surface area contributed by atoms with Gasteiger partial charge in [0.2, 0.25) is 0 Å². The van der Waals surface area contributed by atoms with E-state index in [9.17, 15) is 0 Å². The Morgan fingerprint density at radius 2 is 2.25 bits per heavy atom. The highest BCUT2D eigenvalue weighted by atomic mass is 35.5. The molecule has 1 aliphatic rings. The normalized spacial score (nSPS) is 18.9. The van der Waals surface area contributed by atoms with Crippen LogP contribution in [0.3, 0.4) is 0 Å². The van der Waals surface area contributed by atoms with Crippen LogP contribution < -0.4 is 5.32 Å². The van der Waals surface area contributed by atoms with E-state index < -0.39 is 0 Å². The van der Waals surface area contributed by atoms with E-state index in [0.717, 1.165) is 31.9 Å². The first kappa shape index (κ1) is 16.0. The van der Waals surface area contributed by atoms with Gasteiger partial charge in [-0.2, -0.15) is 0 Å². The maximum absolute atomic E-state index is 6.23. The minimum absolute atomic E-state index is 0.513. The molecule has 0 bridgehead atoms. The SMILES string of the molecule is CCCCN(Cc1nc(Cl)ccc1Cl)CC1CCCN1. The number of hydrogen-bond donors (Lipinski definition) is 1. The predicted molar refractivity (Wildman–Crippen MR) is 85.5 cm³/mol. The molecule has 2 rings (SSSR count). The average Bonchev–Trinajstić information content (AvgIpc) is 2.93. The molecule has 1 fully saturated rings. The van der Waals surface area contributed by atoms with Crippen LogP contribution in [0.2, 0.25) is 10.2 Å². The highest BCUT2D eigenvalue weighted by Crippen LogP contribution is 2.19. The summed E-state index contributed by atoms with van der Waals surface area (Å²) in [5.41, 5.74) is 0.883. The van der Waals surface area contributed by atoms with E-state index in [0.29, 0.717) is 16.2 Å². The van der Waals surface area contributed by atoms with Crippen LogP contribution in [0.15, 0.2) is 12.1 Å². The largest absolute Gasteiger partial charge is 0.313 e. The summed E-state index contributed by atoms with van der Waals surface area (Å²) in [6, 6.07) is 4.17. The Morgan fingerprint density at radius 3 is 2.95 bits per heavy atom. The summed E-state index contributed by atoms with van der Waals surface area (Å²) in [5.74, 6) is 0. The van der Waals surface area contributed by atoms with Gasteiger partial charge >= 0.3 is 0 Å². The first-order valence-corrected chi connectivity index (χ1v) is 8.21. The fraction of sp³-hybridized carbons (Fsp3) is 0.667. The number of pyridine rings is 1. The molecule has 0 spiro atoms. The maximum atomic E-state index is 6.23. The number of aromatic nitrogens is 1. The van der Waals surface area contributed by atoms with E-state index in [1.165, 1.54) is 25.7 Å².